The van der Waals surface area contributed by atoms with Crippen molar-refractivity contribution in [3.63, 3.8) is 0 Å². The molecule has 0 spiro atoms. The lowest BCUT2D eigenvalue weighted by molar-refractivity contribution is -0.131. The lowest BCUT2D eigenvalue weighted by Crippen LogP contribution is -2.62. The van der Waals surface area contributed by atoms with Crippen molar-refractivity contribution in [2.75, 3.05) is 18.0 Å². The van der Waals surface area contributed by atoms with E-state index in [4.69, 9.17) is 5.11 Å². The second-order valence-electron chi connectivity index (χ2n) is 5.70. The predicted octanol–water partition coefficient (Wildman–Crippen LogP) is 1.81. The Kier molecular flexibility index (Phi) is 4.02. The number of aliphatic carboxylic acids is 1. The van der Waals surface area contributed by atoms with Gasteiger partial charge in [-0.3, -0.25) is 4.79 Å². The van der Waals surface area contributed by atoms with Crippen molar-refractivity contribution in [3.8, 4) is 0 Å². The summed E-state index contributed by atoms with van der Waals surface area (Å²) in [5.74, 6) is -1.01. The van der Waals surface area contributed by atoms with Crippen LogP contribution in [-0.2, 0) is 9.59 Å². The number of benzene rings is 1. The van der Waals surface area contributed by atoms with Gasteiger partial charge in [-0.15, -0.1) is 0 Å². The number of piperazine rings is 1. The van der Waals surface area contributed by atoms with Gasteiger partial charge in [0.2, 0.25) is 5.91 Å². The standard InChI is InChI=1S/C16H20N2O3/c1-11-4-6-13(12(10-11)5-7-14(19)20)18-9-8-17-15(21)16(18,2)3/h4-7,10H,8-9H2,1-3H3,(H,17,21)(H,19,20)/b7-5+. The van der Waals surface area contributed by atoms with Gasteiger partial charge in [-0.2, -0.15) is 0 Å². The minimum absolute atomic E-state index is 0.0255. The first kappa shape index (κ1) is 15.1. The molecule has 2 N–H and O–H groups in total. The number of rotatable bonds is 3. The number of carboxylic acid groups (broad SMARTS) is 1. The summed E-state index contributed by atoms with van der Waals surface area (Å²) in [5, 5.41) is 11.7. The number of carboxylic acids is 1. The molecule has 112 valence electrons. The van der Waals surface area contributed by atoms with Gasteiger partial charge in [0.1, 0.15) is 5.54 Å². The number of carbonyl (C=O) groups is 2. The number of aryl methyl sites for hydroxylation is 1. The Morgan fingerprint density at radius 3 is 2.81 bits per heavy atom. The second-order valence-corrected chi connectivity index (χ2v) is 5.70. The molecule has 5 heteroatoms. The first-order valence-corrected chi connectivity index (χ1v) is 6.90. The van der Waals surface area contributed by atoms with Crippen LogP contribution in [0.1, 0.15) is 25.0 Å². The molecule has 1 aromatic carbocycles. The van der Waals surface area contributed by atoms with E-state index in [1.165, 1.54) is 0 Å². The lowest BCUT2D eigenvalue weighted by Gasteiger charge is -2.43. The molecule has 1 fully saturated rings. The highest BCUT2D eigenvalue weighted by Gasteiger charge is 2.38. The van der Waals surface area contributed by atoms with Crippen LogP contribution in [0.25, 0.3) is 6.08 Å². The van der Waals surface area contributed by atoms with Gasteiger partial charge >= 0.3 is 5.97 Å². The van der Waals surface area contributed by atoms with Crippen molar-refractivity contribution in [3.05, 3.63) is 35.4 Å². The van der Waals surface area contributed by atoms with E-state index in [0.29, 0.717) is 13.1 Å². The van der Waals surface area contributed by atoms with Crippen molar-refractivity contribution in [1.29, 1.82) is 0 Å². The molecule has 1 amide bonds. The van der Waals surface area contributed by atoms with E-state index in [-0.39, 0.29) is 5.91 Å². The van der Waals surface area contributed by atoms with Gasteiger partial charge in [-0.25, -0.2) is 4.79 Å². The number of anilines is 1. The highest BCUT2D eigenvalue weighted by Crippen LogP contribution is 2.30. The molecule has 0 unspecified atom stereocenters. The maximum atomic E-state index is 12.1. The molecule has 1 heterocycles. The van der Waals surface area contributed by atoms with Crippen LogP contribution in [0.5, 0.6) is 0 Å². The first-order valence-electron chi connectivity index (χ1n) is 6.90. The van der Waals surface area contributed by atoms with Crippen molar-refractivity contribution >= 4 is 23.6 Å². The van der Waals surface area contributed by atoms with Gasteiger partial charge in [-0.1, -0.05) is 11.6 Å². The molecular formula is C16H20N2O3. The fourth-order valence-electron chi connectivity index (χ4n) is 2.54. The Balaban J connectivity index is 2.47. The van der Waals surface area contributed by atoms with Crippen LogP contribution in [0.15, 0.2) is 24.3 Å². The zero-order valence-electron chi connectivity index (χ0n) is 12.5. The minimum atomic E-state index is -0.988. The lowest BCUT2D eigenvalue weighted by atomic mass is 9.96. The van der Waals surface area contributed by atoms with Gasteiger partial charge in [-0.05, 0) is 44.5 Å². The van der Waals surface area contributed by atoms with Crippen molar-refractivity contribution < 1.29 is 14.7 Å². The molecule has 0 radical (unpaired) electrons. The molecular weight excluding hydrogens is 268 g/mol. The van der Waals surface area contributed by atoms with Gasteiger partial charge in [0.25, 0.3) is 0 Å². The van der Waals surface area contributed by atoms with Crippen molar-refractivity contribution in [2.45, 2.75) is 26.3 Å². The quantitative estimate of drug-likeness (QED) is 0.832. The number of nitrogens with zero attached hydrogens (tertiary/aromatic N) is 1. The van der Waals surface area contributed by atoms with E-state index in [2.05, 4.69) is 5.32 Å². The minimum Gasteiger partial charge on any atom is -0.478 e. The third-order valence-corrected chi connectivity index (χ3v) is 3.73. The maximum Gasteiger partial charge on any atom is 0.328 e. The normalized spacial score (nSPS) is 17.9. The highest BCUT2D eigenvalue weighted by molar-refractivity contribution is 5.92. The number of nitrogens with one attached hydrogen (secondary N) is 1. The fraction of sp³-hybridized carbons (Fsp3) is 0.375. The second kappa shape index (κ2) is 5.60. The van der Waals surface area contributed by atoms with Crippen molar-refractivity contribution in [2.24, 2.45) is 0 Å². The average molecular weight is 288 g/mol. The molecule has 0 atom stereocenters. The fourth-order valence-corrected chi connectivity index (χ4v) is 2.54. The zero-order chi connectivity index (χ0) is 15.6. The molecule has 5 nitrogen and oxygen atoms in total. The molecule has 0 aliphatic carbocycles. The number of amides is 1. The SMILES string of the molecule is Cc1ccc(N2CCNC(=O)C2(C)C)c(/C=C/C(=O)O)c1. The van der Waals surface area contributed by atoms with E-state index < -0.39 is 11.5 Å². The summed E-state index contributed by atoms with van der Waals surface area (Å²) in [6, 6.07) is 5.84. The van der Waals surface area contributed by atoms with Crippen molar-refractivity contribution in [1.82, 2.24) is 5.32 Å². The van der Waals surface area contributed by atoms with Crippen LogP contribution in [-0.4, -0.2) is 35.6 Å². The largest absolute Gasteiger partial charge is 0.478 e. The summed E-state index contributed by atoms with van der Waals surface area (Å²) in [6.45, 7) is 6.96. The Labute approximate surface area is 124 Å². The summed E-state index contributed by atoms with van der Waals surface area (Å²) in [4.78, 5) is 24.9. The van der Waals surface area contributed by atoms with Gasteiger partial charge < -0.3 is 15.3 Å². The van der Waals surface area contributed by atoms with Crippen LogP contribution in [0.4, 0.5) is 5.69 Å². The molecule has 0 saturated carbocycles. The molecule has 1 aliphatic rings. The summed E-state index contributed by atoms with van der Waals surface area (Å²) in [6.07, 6.45) is 2.70. The third kappa shape index (κ3) is 3.07. The van der Waals surface area contributed by atoms with Gasteiger partial charge in [0, 0.05) is 24.9 Å². The van der Waals surface area contributed by atoms with E-state index in [1.54, 1.807) is 6.08 Å². The molecule has 1 aliphatic heterocycles. The Bertz CT molecular complexity index is 606. The molecule has 1 aromatic rings. The molecule has 1 saturated heterocycles. The Morgan fingerprint density at radius 1 is 1.43 bits per heavy atom. The van der Waals surface area contributed by atoms with E-state index >= 15 is 0 Å². The predicted molar refractivity (Wildman–Crippen MR) is 82.3 cm³/mol. The van der Waals surface area contributed by atoms with Gasteiger partial charge in [0.05, 0.1) is 0 Å². The average Bonchev–Trinajstić information content (AvgIpc) is 2.40. The summed E-state index contributed by atoms with van der Waals surface area (Å²) in [7, 11) is 0. The van der Waals surface area contributed by atoms with Crippen LogP contribution in [0.2, 0.25) is 0 Å². The zero-order valence-corrected chi connectivity index (χ0v) is 12.5. The number of hydrogen-bond acceptors (Lipinski definition) is 3. The van der Waals surface area contributed by atoms with E-state index in [9.17, 15) is 9.59 Å². The Morgan fingerprint density at radius 2 is 2.14 bits per heavy atom. The van der Waals surface area contributed by atoms with Crippen LogP contribution in [0.3, 0.4) is 0 Å². The van der Waals surface area contributed by atoms with E-state index in [1.807, 2.05) is 43.9 Å². The Hall–Kier alpha value is -2.30. The summed E-state index contributed by atoms with van der Waals surface area (Å²) >= 11 is 0. The summed E-state index contributed by atoms with van der Waals surface area (Å²) in [5.41, 5.74) is 2.06. The first-order chi connectivity index (χ1) is 9.82. The van der Waals surface area contributed by atoms with E-state index in [0.717, 1.165) is 22.9 Å². The third-order valence-electron chi connectivity index (χ3n) is 3.73. The molecule has 0 aromatic heterocycles. The monoisotopic (exact) mass is 288 g/mol. The summed E-state index contributed by atoms with van der Waals surface area (Å²) < 4.78 is 0. The van der Waals surface area contributed by atoms with Gasteiger partial charge in [0.15, 0.2) is 0 Å². The molecule has 0 bridgehead atoms. The maximum absolute atomic E-state index is 12.1. The number of carbonyl (C=O) groups excluding carboxylic acids is 1. The molecule has 2 rings (SSSR count). The topological polar surface area (TPSA) is 69.6 Å². The highest BCUT2D eigenvalue weighted by atomic mass is 16.4. The number of hydrogen-bond donors (Lipinski definition) is 2. The van der Waals surface area contributed by atoms with Crippen LogP contribution >= 0.6 is 0 Å². The molecule has 21 heavy (non-hydrogen) atoms. The van der Waals surface area contributed by atoms with Crippen LogP contribution in [0, 0.1) is 6.92 Å². The van der Waals surface area contributed by atoms with Crippen LogP contribution < -0.4 is 10.2 Å². The smallest absolute Gasteiger partial charge is 0.328 e.